The van der Waals surface area contributed by atoms with Crippen LogP contribution in [0.3, 0.4) is 0 Å². The van der Waals surface area contributed by atoms with Crippen molar-refractivity contribution < 1.29 is 4.74 Å². The van der Waals surface area contributed by atoms with Gasteiger partial charge in [0, 0.05) is 45.3 Å². The minimum absolute atomic E-state index is 0.218. The number of ether oxygens (including phenoxy) is 1. The molecule has 0 bridgehead atoms. The van der Waals surface area contributed by atoms with E-state index in [0.29, 0.717) is 12.0 Å². The molecular weight excluding hydrogens is 298 g/mol. The average molecular weight is 334 g/mol. The summed E-state index contributed by atoms with van der Waals surface area (Å²) in [5.74, 6) is 1.63. The fraction of sp³-hybridized carbons (Fsp3) is 0.700. The predicted octanol–water partition coefficient (Wildman–Crippen LogP) is 2.84. The van der Waals surface area contributed by atoms with Crippen LogP contribution in [-0.2, 0) is 6.54 Å². The standard InChI is InChI=1S/C20H35N3O/c1-16(2)20(23-11-9-22(5)10-12-23)15-21-14-18-7-6-8-19(13-18)24-17(3)4/h6-8,13,16-17,20-21H,9-12,14-15H2,1-5H3. The lowest BCUT2D eigenvalue weighted by Crippen LogP contribution is -2.53. The van der Waals surface area contributed by atoms with E-state index in [9.17, 15) is 0 Å². The third-order valence-corrected chi connectivity index (χ3v) is 4.73. The van der Waals surface area contributed by atoms with Gasteiger partial charge in [-0.15, -0.1) is 0 Å². The van der Waals surface area contributed by atoms with Gasteiger partial charge in [-0.1, -0.05) is 26.0 Å². The fourth-order valence-electron chi connectivity index (χ4n) is 3.31. The monoisotopic (exact) mass is 333 g/mol. The molecule has 0 saturated carbocycles. The molecule has 1 fully saturated rings. The summed E-state index contributed by atoms with van der Waals surface area (Å²) in [7, 11) is 2.21. The number of piperazine rings is 1. The van der Waals surface area contributed by atoms with Crippen LogP contribution in [0, 0.1) is 5.92 Å². The zero-order valence-corrected chi connectivity index (χ0v) is 16.1. The number of likely N-dealkylation sites (N-methyl/N-ethyl adjacent to an activating group) is 1. The smallest absolute Gasteiger partial charge is 0.120 e. The molecular formula is C20H35N3O. The van der Waals surface area contributed by atoms with Gasteiger partial charge in [0.25, 0.3) is 0 Å². The lowest BCUT2D eigenvalue weighted by molar-refractivity contribution is 0.0875. The van der Waals surface area contributed by atoms with Crippen LogP contribution in [0.2, 0.25) is 0 Å². The Balaban J connectivity index is 1.84. The number of nitrogens with zero attached hydrogens (tertiary/aromatic N) is 2. The maximum atomic E-state index is 5.79. The fourth-order valence-corrected chi connectivity index (χ4v) is 3.31. The summed E-state index contributed by atoms with van der Waals surface area (Å²) < 4.78 is 5.79. The van der Waals surface area contributed by atoms with Crippen molar-refractivity contribution in [2.45, 2.75) is 46.4 Å². The van der Waals surface area contributed by atoms with Crippen molar-refractivity contribution in [1.29, 1.82) is 0 Å². The number of rotatable bonds is 8. The highest BCUT2D eigenvalue weighted by Crippen LogP contribution is 2.16. The zero-order chi connectivity index (χ0) is 17.5. The van der Waals surface area contributed by atoms with Crippen LogP contribution in [0.15, 0.2) is 24.3 Å². The molecule has 24 heavy (non-hydrogen) atoms. The Morgan fingerprint density at radius 1 is 1.08 bits per heavy atom. The van der Waals surface area contributed by atoms with Gasteiger partial charge >= 0.3 is 0 Å². The summed E-state index contributed by atoms with van der Waals surface area (Å²) in [6.45, 7) is 15.4. The zero-order valence-electron chi connectivity index (χ0n) is 16.1. The maximum absolute atomic E-state index is 5.79. The maximum Gasteiger partial charge on any atom is 0.120 e. The Labute approximate surface area is 148 Å². The molecule has 1 aliphatic heterocycles. The van der Waals surface area contributed by atoms with Gasteiger partial charge in [0.05, 0.1) is 6.10 Å². The van der Waals surface area contributed by atoms with Gasteiger partial charge in [0.2, 0.25) is 0 Å². The normalized spacial score (nSPS) is 18.3. The first-order valence-corrected chi connectivity index (χ1v) is 9.34. The van der Waals surface area contributed by atoms with Gasteiger partial charge in [0.1, 0.15) is 5.75 Å². The molecule has 1 aromatic carbocycles. The quantitative estimate of drug-likeness (QED) is 0.792. The van der Waals surface area contributed by atoms with Crippen molar-refractivity contribution in [3.05, 3.63) is 29.8 Å². The molecule has 0 spiro atoms. The lowest BCUT2D eigenvalue weighted by Gasteiger charge is -2.40. The molecule has 1 unspecified atom stereocenters. The third-order valence-electron chi connectivity index (χ3n) is 4.73. The van der Waals surface area contributed by atoms with Gasteiger partial charge in [0.15, 0.2) is 0 Å². The van der Waals surface area contributed by atoms with E-state index in [2.05, 4.69) is 68.1 Å². The first kappa shape index (κ1) is 19.2. The molecule has 1 saturated heterocycles. The summed E-state index contributed by atoms with van der Waals surface area (Å²) in [6, 6.07) is 9.03. The molecule has 0 aromatic heterocycles. The molecule has 2 rings (SSSR count). The summed E-state index contributed by atoms with van der Waals surface area (Å²) in [4.78, 5) is 5.07. The number of benzene rings is 1. The van der Waals surface area contributed by atoms with Crippen LogP contribution in [0.25, 0.3) is 0 Å². The molecule has 1 heterocycles. The number of nitrogens with one attached hydrogen (secondary N) is 1. The van der Waals surface area contributed by atoms with Gasteiger partial charge in [-0.05, 0) is 44.5 Å². The highest BCUT2D eigenvalue weighted by molar-refractivity contribution is 5.28. The average Bonchev–Trinajstić information content (AvgIpc) is 2.52. The lowest BCUT2D eigenvalue weighted by atomic mass is 10.0. The van der Waals surface area contributed by atoms with Crippen LogP contribution >= 0.6 is 0 Å². The van der Waals surface area contributed by atoms with Gasteiger partial charge in [-0.3, -0.25) is 4.90 Å². The van der Waals surface area contributed by atoms with E-state index in [-0.39, 0.29) is 6.10 Å². The van der Waals surface area contributed by atoms with Crippen molar-refractivity contribution in [2.24, 2.45) is 5.92 Å². The molecule has 0 radical (unpaired) electrons. The van der Waals surface area contributed by atoms with E-state index in [1.54, 1.807) is 0 Å². The predicted molar refractivity (Wildman–Crippen MR) is 102 cm³/mol. The van der Waals surface area contributed by atoms with Crippen molar-refractivity contribution in [1.82, 2.24) is 15.1 Å². The first-order valence-electron chi connectivity index (χ1n) is 9.34. The molecule has 0 aliphatic carbocycles. The molecule has 136 valence electrons. The van der Waals surface area contributed by atoms with Gasteiger partial charge in [-0.2, -0.15) is 0 Å². The Kier molecular flexibility index (Phi) is 7.53. The van der Waals surface area contributed by atoms with Gasteiger partial charge in [-0.25, -0.2) is 0 Å². The number of hydrogen-bond donors (Lipinski definition) is 1. The molecule has 1 N–H and O–H groups in total. The van der Waals surface area contributed by atoms with Crippen LogP contribution < -0.4 is 10.1 Å². The Morgan fingerprint density at radius 3 is 2.42 bits per heavy atom. The highest BCUT2D eigenvalue weighted by atomic mass is 16.5. The van der Waals surface area contributed by atoms with E-state index < -0.39 is 0 Å². The van der Waals surface area contributed by atoms with Crippen molar-refractivity contribution in [3.63, 3.8) is 0 Å². The minimum atomic E-state index is 0.218. The second-order valence-electron chi connectivity index (χ2n) is 7.60. The topological polar surface area (TPSA) is 27.7 Å². The van der Waals surface area contributed by atoms with Crippen LogP contribution in [-0.4, -0.2) is 61.7 Å². The first-order chi connectivity index (χ1) is 11.5. The van der Waals surface area contributed by atoms with Crippen molar-refractivity contribution in [2.75, 3.05) is 39.8 Å². The highest BCUT2D eigenvalue weighted by Gasteiger charge is 2.24. The van der Waals surface area contributed by atoms with Crippen molar-refractivity contribution in [3.8, 4) is 5.75 Å². The second-order valence-corrected chi connectivity index (χ2v) is 7.60. The summed E-state index contributed by atoms with van der Waals surface area (Å²) in [5, 5.41) is 3.66. The molecule has 4 nitrogen and oxygen atoms in total. The molecule has 1 aliphatic rings. The van der Waals surface area contributed by atoms with E-state index in [4.69, 9.17) is 4.74 Å². The van der Waals surface area contributed by atoms with Crippen LogP contribution in [0.5, 0.6) is 5.75 Å². The van der Waals surface area contributed by atoms with Gasteiger partial charge < -0.3 is 15.0 Å². The minimum Gasteiger partial charge on any atom is -0.491 e. The second kappa shape index (κ2) is 9.40. The Hall–Kier alpha value is -1.10. The van der Waals surface area contributed by atoms with Crippen LogP contribution in [0.1, 0.15) is 33.3 Å². The molecule has 1 atom stereocenters. The molecule has 1 aromatic rings. The SMILES string of the molecule is CC(C)Oc1cccc(CNCC(C(C)C)N2CCN(C)CC2)c1. The van der Waals surface area contributed by atoms with Crippen LogP contribution in [0.4, 0.5) is 0 Å². The molecule has 0 amide bonds. The van der Waals surface area contributed by atoms with E-state index in [1.807, 2.05) is 6.07 Å². The van der Waals surface area contributed by atoms with E-state index in [1.165, 1.54) is 31.7 Å². The largest absolute Gasteiger partial charge is 0.491 e. The Morgan fingerprint density at radius 2 is 1.79 bits per heavy atom. The summed E-state index contributed by atoms with van der Waals surface area (Å²) >= 11 is 0. The van der Waals surface area contributed by atoms with E-state index >= 15 is 0 Å². The third kappa shape index (κ3) is 6.08. The number of hydrogen-bond acceptors (Lipinski definition) is 4. The Bertz CT molecular complexity index is 482. The molecule has 4 heteroatoms. The summed E-state index contributed by atoms with van der Waals surface area (Å²) in [6.07, 6.45) is 0.218. The van der Waals surface area contributed by atoms with E-state index in [0.717, 1.165) is 18.8 Å². The summed E-state index contributed by atoms with van der Waals surface area (Å²) in [5.41, 5.74) is 1.29. The van der Waals surface area contributed by atoms with Crippen molar-refractivity contribution >= 4 is 0 Å².